The van der Waals surface area contributed by atoms with E-state index in [1.165, 1.54) is 0 Å². The average Bonchev–Trinajstić information content (AvgIpc) is 2.05. The molecular weight excluding hydrogens is 170 g/mol. The van der Waals surface area contributed by atoms with Gasteiger partial charge in [-0.05, 0) is 5.92 Å². The van der Waals surface area contributed by atoms with Crippen molar-refractivity contribution in [3.8, 4) is 0 Å². The van der Waals surface area contributed by atoms with E-state index >= 15 is 0 Å². The summed E-state index contributed by atoms with van der Waals surface area (Å²) in [5.41, 5.74) is 0. The molecule has 0 rings (SSSR count). The molecule has 13 heavy (non-hydrogen) atoms. The number of hydrogen-bond donors (Lipinski definition) is 3. The lowest BCUT2D eigenvalue weighted by molar-refractivity contribution is 0.0604. The van der Waals surface area contributed by atoms with Crippen LogP contribution in [-0.4, -0.2) is 59.2 Å². The molecule has 0 aromatic rings. The Morgan fingerprint density at radius 3 is 1.85 bits per heavy atom. The molecule has 0 bridgehead atoms. The van der Waals surface area contributed by atoms with E-state index in [0.717, 1.165) is 0 Å². The zero-order valence-corrected chi connectivity index (χ0v) is 8.48. The number of aliphatic hydroxyl groups is 3. The van der Waals surface area contributed by atoms with E-state index in [9.17, 15) is 5.11 Å². The molecule has 3 N–H and O–H groups in total. The molecule has 0 amide bonds. The van der Waals surface area contributed by atoms with E-state index in [4.69, 9.17) is 10.2 Å². The highest BCUT2D eigenvalue weighted by Gasteiger charge is 2.13. The van der Waals surface area contributed by atoms with Crippen LogP contribution in [0.2, 0.25) is 0 Å². The van der Waals surface area contributed by atoms with Crippen molar-refractivity contribution < 1.29 is 15.3 Å². The molecule has 0 saturated heterocycles. The Kier molecular flexibility index (Phi) is 7.17. The molecular formula is C9H21NO3. The highest BCUT2D eigenvalue weighted by atomic mass is 16.3. The lowest BCUT2D eigenvalue weighted by Crippen LogP contribution is -2.38. The van der Waals surface area contributed by atoms with Gasteiger partial charge in [0.2, 0.25) is 0 Å². The van der Waals surface area contributed by atoms with Crippen LogP contribution in [0.1, 0.15) is 13.8 Å². The van der Waals surface area contributed by atoms with Crippen molar-refractivity contribution >= 4 is 0 Å². The number of rotatable bonds is 7. The summed E-state index contributed by atoms with van der Waals surface area (Å²) >= 11 is 0. The van der Waals surface area contributed by atoms with Crippen molar-refractivity contribution in [2.24, 2.45) is 5.92 Å². The predicted octanol–water partition coefficient (Wildman–Crippen LogP) is -0.710. The molecule has 0 spiro atoms. The summed E-state index contributed by atoms with van der Waals surface area (Å²) in [4.78, 5) is 1.85. The number of hydrogen-bond acceptors (Lipinski definition) is 4. The maximum absolute atomic E-state index is 9.55. The van der Waals surface area contributed by atoms with Crippen molar-refractivity contribution in [1.82, 2.24) is 4.90 Å². The fourth-order valence-corrected chi connectivity index (χ4v) is 1.05. The zero-order valence-electron chi connectivity index (χ0n) is 8.48. The third-order valence-electron chi connectivity index (χ3n) is 2.05. The standard InChI is InChI=1S/C9H21NO3/c1-8(2)9(13)7-10(3-5-11)4-6-12/h8-9,11-13H,3-7H2,1-2H3. The molecule has 0 aliphatic rings. The molecule has 0 radical (unpaired) electrons. The van der Waals surface area contributed by atoms with E-state index in [-0.39, 0.29) is 19.1 Å². The van der Waals surface area contributed by atoms with Crippen LogP contribution >= 0.6 is 0 Å². The minimum absolute atomic E-state index is 0.0603. The van der Waals surface area contributed by atoms with Gasteiger partial charge in [-0.2, -0.15) is 0 Å². The quantitative estimate of drug-likeness (QED) is 0.497. The van der Waals surface area contributed by atoms with Crippen molar-refractivity contribution in [1.29, 1.82) is 0 Å². The van der Waals surface area contributed by atoms with E-state index in [0.29, 0.717) is 19.6 Å². The van der Waals surface area contributed by atoms with Crippen molar-refractivity contribution in [3.05, 3.63) is 0 Å². The summed E-state index contributed by atoms with van der Waals surface area (Å²) in [6.45, 7) is 5.53. The van der Waals surface area contributed by atoms with Crippen molar-refractivity contribution in [2.45, 2.75) is 20.0 Å². The molecule has 0 aromatic carbocycles. The Labute approximate surface area is 79.8 Å². The van der Waals surface area contributed by atoms with Gasteiger partial charge in [-0.1, -0.05) is 13.8 Å². The summed E-state index contributed by atoms with van der Waals surface area (Å²) in [6.07, 6.45) is -0.391. The molecule has 0 aliphatic carbocycles. The maximum Gasteiger partial charge on any atom is 0.0690 e. The van der Waals surface area contributed by atoms with E-state index in [1.54, 1.807) is 0 Å². The lowest BCUT2D eigenvalue weighted by atomic mass is 10.1. The summed E-state index contributed by atoms with van der Waals surface area (Å²) in [7, 11) is 0. The number of aliphatic hydroxyl groups excluding tert-OH is 3. The fraction of sp³-hybridized carbons (Fsp3) is 1.00. The monoisotopic (exact) mass is 191 g/mol. The highest BCUT2D eigenvalue weighted by Crippen LogP contribution is 2.03. The number of nitrogens with zero attached hydrogens (tertiary/aromatic N) is 1. The molecule has 4 heteroatoms. The Morgan fingerprint density at radius 1 is 1.08 bits per heavy atom. The van der Waals surface area contributed by atoms with Gasteiger partial charge in [0.05, 0.1) is 19.3 Å². The van der Waals surface area contributed by atoms with Crippen molar-refractivity contribution in [3.63, 3.8) is 0 Å². The minimum Gasteiger partial charge on any atom is -0.395 e. The highest BCUT2D eigenvalue weighted by molar-refractivity contribution is 4.66. The van der Waals surface area contributed by atoms with Crippen LogP contribution in [0.4, 0.5) is 0 Å². The first-order valence-corrected chi connectivity index (χ1v) is 4.74. The van der Waals surface area contributed by atoms with Gasteiger partial charge in [0, 0.05) is 19.6 Å². The van der Waals surface area contributed by atoms with Gasteiger partial charge in [-0.25, -0.2) is 0 Å². The van der Waals surface area contributed by atoms with Crippen LogP contribution in [0.3, 0.4) is 0 Å². The second-order valence-electron chi connectivity index (χ2n) is 3.56. The van der Waals surface area contributed by atoms with E-state index in [1.807, 2.05) is 18.7 Å². The second kappa shape index (κ2) is 7.26. The molecule has 4 nitrogen and oxygen atoms in total. The SMILES string of the molecule is CC(C)C(O)CN(CCO)CCO. The van der Waals surface area contributed by atoms with Gasteiger partial charge in [-0.15, -0.1) is 0 Å². The van der Waals surface area contributed by atoms with Gasteiger partial charge in [-0.3, -0.25) is 4.90 Å². The fourth-order valence-electron chi connectivity index (χ4n) is 1.05. The van der Waals surface area contributed by atoms with Crippen LogP contribution < -0.4 is 0 Å². The molecule has 0 aliphatic heterocycles. The van der Waals surface area contributed by atoms with Crippen LogP contribution in [0.25, 0.3) is 0 Å². The second-order valence-corrected chi connectivity index (χ2v) is 3.56. The van der Waals surface area contributed by atoms with Gasteiger partial charge in [0.15, 0.2) is 0 Å². The molecule has 0 aromatic heterocycles. The Hall–Kier alpha value is -0.160. The zero-order chi connectivity index (χ0) is 10.3. The lowest BCUT2D eigenvalue weighted by Gasteiger charge is -2.25. The van der Waals surface area contributed by atoms with Crippen LogP contribution in [0.5, 0.6) is 0 Å². The third-order valence-corrected chi connectivity index (χ3v) is 2.05. The molecule has 1 unspecified atom stereocenters. The average molecular weight is 191 g/mol. The topological polar surface area (TPSA) is 63.9 Å². The first-order chi connectivity index (χ1) is 6.11. The summed E-state index contributed by atoms with van der Waals surface area (Å²) < 4.78 is 0. The summed E-state index contributed by atoms with van der Waals surface area (Å²) in [5.74, 6) is 0.208. The van der Waals surface area contributed by atoms with Crippen LogP contribution in [-0.2, 0) is 0 Å². The summed E-state index contributed by atoms with van der Waals surface area (Å²) in [5, 5.41) is 27.0. The van der Waals surface area contributed by atoms with Crippen LogP contribution in [0, 0.1) is 5.92 Å². The Balaban J connectivity index is 3.78. The third kappa shape index (κ3) is 5.99. The molecule has 80 valence electrons. The van der Waals surface area contributed by atoms with Gasteiger partial charge in [0.1, 0.15) is 0 Å². The smallest absolute Gasteiger partial charge is 0.0690 e. The Bertz CT molecular complexity index is 113. The van der Waals surface area contributed by atoms with Crippen molar-refractivity contribution in [2.75, 3.05) is 32.8 Å². The maximum atomic E-state index is 9.55. The van der Waals surface area contributed by atoms with Crippen LogP contribution in [0.15, 0.2) is 0 Å². The first-order valence-electron chi connectivity index (χ1n) is 4.74. The largest absolute Gasteiger partial charge is 0.395 e. The summed E-state index contributed by atoms with van der Waals surface area (Å²) in [6, 6.07) is 0. The van der Waals surface area contributed by atoms with E-state index in [2.05, 4.69) is 0 Å². The molecule has 0 fully saturated rings. The normalized spacial score (nSPS) is 14.1. The first kappa shape index (κ1) is 12.8. The van der Waals surface area contributed by atoms with Gasteiger partial charge < -0.3 is 15.3 Å². The molecule has 0 heterocycles. The molecule has 1 atom stereocenters. The van der Waals surface area contributed by atoms with Gasteiger partial charge >= 0.3 is 0 Å². The Morgan fingerprint density at radius 2 is 1.54 bits per heavy atom. The predicted molar refractivity (Wildman–Crippen MR) is 51.5 cm³/mol. The molecule has 0 saturated carbocycles. The minimum atomic E-state index is -0.391. The van der Waals surface area contributed by atoms with E-state index < -0.39 is 6.10 Å². The van der Waals surface area contributed by atoms with Gasteiger partial charge in [0.25, 0.3) is 0 Å².